The Morgan fingerprint density at radius 3 is 2.48 bits per heavy atom. The zero-order chi connectivity index (χ0) is 15.3. The van der Waals surface area contributed by atoms with Crippen molar-refractivity contribution in [1.29, 1.82) is 0 Å². The summed E-state index contributed by atoms with van der Waals surface area (Å²) >= 11 is 0. The van der Waals surface area contributed by atoms with Gasteiger partial charge in [-0.3, -0.25) is 0 Å². The minimum absolute atomic E-state index is 0.217. The number of sulfonamides is 1. The first-order valence-electron chi connectivity index (χ1n) is 6.82. The van der Waals surface area contributed by atoms with E-state index < -0.39 is 10.0 Å². The van der Waals surface area contributed by atoms with Crippen LogP contribution in [0.2, 0.25) is 0 Å². The lowest BCUT2D eigenvalue weighted by Crippen LogP contribution is -2.26. The fourth-order valence-electron chi connectivity index (χ4n) is 1.94. The normalized spacial score (nSPS) is 12.0. The van der Waals surface area contributed by atoms with E-state index in [4.69, 9.17) is 4.42 Å². The van der Waals surface area contributed by atoms with Gasteiger partial charge in [0.15, 0.2) is 0 Å². The number of furan rings is 1. The van der Waals surface area contributed by atoms with Crippen molar-refractivity contribution in [2.45, 2.75) is 24.9 Å². The van der Waals surface area contributed by atoms with E-state index in [0.717, 1.165) is 18.7 Å². The number of rotatable bonds is 7. The largest absolute Gasteiger partial charge is 0.468 e. The van der Waals surface area contributed by atoms with Crippen LogP contribution in [0, 0.1) is 0 Å². The Morgan fingerprint density at radius 1 is 1.19 bits per heavy atom. The topological polar surface area (TPSA) is 62.6 Å². The molecule has 0 bridgehead atoms. The van der Waals surface area contributed by atoms with Gasteiger partial charge in [-0.2, -0.15) is 4.31 Å². The molecule has 21 heavy (non-hydrogen) atoms. The summed E-state index contributed by atoms with van der Waals surface area (Å²) < 4.78 is 31.4. The Morgan fingerprint density at radius 2 is 1.90 bits per heavy atom. The average Bonchev–Trinajstić information content (AvgIpc) is 2.98. The number of nitrogens with zero attached hydrogens (tertiary/aromatic N) is 1. The molecule has 0 aliphatic carbocycles. The van der Waals surface area contributed by atoms with E-state index in [0.29, 0.717) is 5.76 Å². The van der Waals surface area contributed by atoms with Crippen molar-refractivity contribution in [2.24, 2.45) is 0 Å². The SMILES string of the molecule is CCNCc1ccc(S(=O)(=O)N(C)Cc2ccco2)cc1. The molecule has 5 nitrogen and oxygen atoms in total. The molecule has 0 spiro atoms. The third-order valence-corrected chi connectivity index (χ3v) is 4.99. The Bertz CT molecular complexity index is 649. The van der Waals surface area contributed by atoms with E-state index in [-0.39, 0.29) is 11.4 Å². The number of hydrogen-bond donors (Lipinski definition) is 1. The van der Waals surface area contributed by atoms with Crippen LogP contribution in [0.25, 0.3) is 0 Å². The van der Waals surface area contributed by atoms with Crippen LogP contribution < -0.4 is 5.32 Å². The van der Waals surface area contributed by atoms with Crippen LogP contribution >= 0.6 is 0 Å². The summed E-state index contributed by atoms with van der Waals surface area (Å²) in [6.45, 7) is 3.86. The molecule has 0 atom stereocenters. The molecular weight excluding hydrogens is 288 g/mol. The van der Waals surface area contributed by atoms with E-state index in [1.54, 1.807) is 31.3 Å². The molecule has 0 fully saturated rings. The fourth-order valence-corrected chi connectivity index (χ4v) is 3.07. The van der Waals surface area contributed by atoms with Crippen molar-refractivity contribution in [1.82, 2.24) is 9.62 Å². The van der Waals surface area contributed by atoms with Gasteiger partial charge in [-0.25, -0.2) is 8.42 Å². The summed E-state index contributed by atoms with van der Waals surface area (Å²) in [5.74, 6) is 0.616. The molecule has 1 heterocycles. The van der Waals surface area contributed by atoms with Gasteiger partial charge in [0.05, 0.1) is 17.7 Å². The Balaban J connectivity index is 2.11. The Kier molecular flexibility index (Phi) is 5.17. The van der Waals surface area contributed by atoms with Gasteiger partial charge in [0.1, 0.15) is 5.76 Å². The first kappa shape index (κ1) is 15.8. The van der Waals surface area contributed by atoms with Crippen molar-refractivity contribution in [3.63, 3.8) is 0 Å². The lowest BCUT2D eigenvalue weighted by molar-refractivity contribution is 0.406. The van der Waals surface area contributed by atoms with Crippen LogP contribution in [0.5, 0.6) is 0 Å². The van der Waals surface area contributed by atoms with Gasteiger partial charge in [-0.15, -0.1) is 0 Å². The molecule has 6 heteroatoms. The lowest BCUT2D eigenvalue weighted by Gasteiger charge is -2.16. The minimum atomic E-state index is -3.50. The van der Waals surface area contributed by atoms with E-state index >= 15 is 0 Å². The highest BCUT2D eigenvalue weighted by molar-refractivity contribution is 7.89. The van der Waals surface area contributed by atoms with Gasteiger partial charge in [0, 0.05) is 13.6 Å². The monoisotopic (exact) mass is 308 g/mol. The van der Waals surface area contributed by atoms with E-state index in [9.17, 15) is 8.42 Å². The third kappa shape index (κ3) is 3.93. The summed E-state index contributed by atoms with van der Waals surface area (Å²) in [6.07, 6.45) is 1.53. The van der Waals surface area contributed by atoms with Crippen LogP contribution in [0.15, 0.2) is 52.0 Å². The number of benzene rings is 1. The van der Waals surface area contributed by atoms with Gasteiger partial charge in [-0.1, -0.05) is 19.1 Å². The summed E-state index contributed by atoms with van der Waals surface area (Å²) in [5, 5.41) is 3.20. The summed E-state index contributed by atoms with van der Waals surface area (Å²) in [6, 6.07) is 10.4. The zero-order valence-corrected chi connectivity index (χ0v) is 13.1. The molecular formula is C15H20N2O3S. The summed E-state index contributed by atoms with van der Waals surface area (Å²) in [5.41, 5.74) is 1.06. The molecule has 0 saturated heterocycles. The van der Waals surface area contributed by atoms with Crippen LogP contribution in [0.4, 0.5) is 0 Å². The predicted molar refractivity (Wildman–Crippen MR) is 81.2 cm³/mol. The first-order valence-corrected chi connectivity index (χ1v) is 8.26. The molecule has 1 N–H and O–H groups in total. The lowest BCUT2D eigenvalue weighted by atomic mass is 10.2. The highest BCUT2D eigenvalue weighted by Gasteiger charge is 2.21. The van der Waals surface area contributed by atoms with Crippen molar-refractivity contribution in [2.75, 3.05) is 13.6 Å². The van der Waals surface area contributed by atoms with E-state index in [2.05, 4.69) is 5.32 Å². The van der Waals surface area contributed by atoms with Crippen molar-refractivity contribution >= 4 is 10.0 Å². The smallest absolute Gasteiger partial charge is 0.243 e. The maximum absolute atomic E-state index is 12.5. The van der Waals surface area contributed by atoms with Crippen molar-refractivity contribution < 1.29 is 12.8 Å². The van der Waals surface area contributed by atoms with Gasteiger partial charge < -0.3 is 9.73 Å². The average molecular weight is 308 g/mol. The molecule has 0 aliphatic heterocycles. The van der Waals surface area contributed by atoms with Crippen LogP contribution in [0.1, 0.15) is 18.2 Å². The second-order valence-corrected chi connectivity index (χ2v) is 6.81. The molecule has 2 aromatic rings. The summed E-state index contributed by atoms with van der Waals surface area (Å²) in [4.78, 5) is 0.289. The quantitative estimate of drug-likeness (QED) is 0.852. The standard InChI is InChI=1S/C15H20N2O3S/c1-3-16-11-13-6-8-15(9-7-13)21(18,19)17(2)12-14-5-4-10-20-14/h4-10,16H,3,11-12H2,1-2H3. The maximum Gasteiger partial charge on any atom is 0.243 e. The Labute approximate surface area is 125 Å². The number of nitrogens with one attached hydrogen (secondary N) is 1. The number of hydrogen-bond acceptors (Lipinski definition) is 4. The molecule has 1 aromatic carbocycles. The van der Waals surface area contributed by atoms with E-state index in [1.807, 2.05) is 19.1 Å². The van der Waals surface area contributed by atoms with Crippen LogP contribution in [0.3, 0.4) is 0 Å². The Hall–Kier alpha value is -1.63. The second-order valence-electron chi connectivity index (χ2n) is 4.76. The van der Waals surface area contributed by atoms with Gasteiger partial charge in [0.25, 0.3) is 0 Å². The zero-order valence-electron chi connectivity index (χ0n) is 12.2. The van der Waals surface area contributed by atoms with Gasteiger partial charge >= 0.3 is 0 Å². The highest BCUT2D eigenvalue weighted by atomic mass is 32.2. The fraction of sp³-hybridized carbons (Fsp3) is 0.333. The molecule has 114 valence electrons. The second kappa shape index (κ2) is 6.89. The molecule has 0 saturated carbocycles. The van der Waals surface area contributed by atoms with Gasteiger partial charge in [-0.05, 0) is 36.4 Å². The molecule has 2 rings (SSSR count). The molecule has 0 aliphatic rings. The predicted octanol–water partition coefficient (Wildman–Crippen LogP) is 2.21. The molecule has 0 radical (unpaired) electrons. The van der Waals surface area contributed by atoms with E-state index in [1.165, 1.54) is 10.6 Å². The highest BCUT2D eigenvalue weighted by Crippen LogP contribution is 2.17. The van der Waals surface area contributed by atoms with Crippen LogP contribution in [-0.4, -0.2) is 26.3 Å². The van der Waals surface area contributed by atoms with Crippen LogP contribution in [-0.2, 0) is 23.1 Å². The molecule has 0 unspecified atom stereocenters. The first-order chi connectivity index (χ1) is 10.0. The third-order valence-electron chi connectivity index (χ3n) is 3.17. The van der Waals surface area contributed by atoms with Gasteiger partial charge in [0.2, 0.25) is 10.0 Å². The molecule has 1 aromatic heterocycles. The van der Waals surface area contributed by atoms with Crippen molar-refractivity contribution in [3.05, 3.63) is 54.0 Å². The molecule has 0 amide bonds. The maximum atomic E-state index is 12.5. The summed E-state index contributed by atoms with van der Waals surface area (Å²) in [7, 11) is -1.95. The van der Waals surface area contributed by atoms with Crippen molar-refractivity contribution in [3.8, 4) is 0 Å². The minimum Gasteiger partial charge on any atom is -0.468 e.